The van der Waals surface area contributed by atoms with Crippen LogP contribution in [0.15, 0.2) is 54.6 Å². The van der Waals surface area contributed by atoms with E-state index >= 15 is 0 Å². The fourth-order valence-electron chi connectivity index (χ4n) is 2.43. The number of carbonyl (C=O) groups excluding carboxylic acids is 2. The van der Waals surface area contributed by atoms with Crippen molar-refractivity contribution in [1.82, 2.24) is 10.2 Å². The van der Waals surface area contributed by atoms with E-state index in [2.05, 4.69) is 10.6 Å². The van der Waals surface area contributed by atoms with Gasteiger partial charge in [-0.3, -0.25) is 14.5 Å². The lowest BCUT2D eigenvalue weighted by Crippen LogP contribution is -2.40. The minimum Gasteiger partial charge on any atom is -0.358 e. The quantitative estimate of drug-likeness (QED) is 0.846. The highest BCUT2D eigenvalue weighted by atomic mass is 35.5. The van der Waals surface area contributed by atoms with Gasteiger partial charge in [-0.2, -0.15) is 0 Å². The predicted octanol–water partition coefficient (Wildman–Crippen LogP) is 2.70. The van der Waals surface area contributed by atoms with Crippen LogP contribution in [0.5, 0.6) is 0 Å². The van der Waals surface area contributed by atoms with Crippen LogP contribution in [0.4, 0.5) is 5.69 Å². The third kappa shape index (κ3) is 4.81. The molecule has 0 heterocycles. The van der Waals surface area contributed by atoms with Gasteiger partial charge in [0.05, 0.1) is 6.54 Å². The van der Waals surface area contributed by atoms with Crippen LogP contribution < -0.4 is 10.6 Å². The monoisotopic (exact) mass is 345 g/mol. The first-order valence-electron chi connectivity index (χ1n) is 7.53. The summed E-state index contributed by atoms with van der Waals surface area (Å²) < 4.78 is 0. The van der Waals surface area contributed by atoms with Gasteiger partial charge in [0.15, 0.2) is 0 Å². The molecule has 0 radical (unpaired) electrons. The Morgan fingerprint density at radius 1 is 1.08 bits per heavy atom. The van der Waals surface area contributed by atoms with Gasteiger partial charge >= 0.3 is 0 Å². The van der Waals surface area contributed by atoms with E-state index in [9.17, 15) is 9.59 Å². The van der Waals surface area contributed by atoms with Crippen molar-refractivity contribution >= 4 is 29.1 Å². The number of nitrogens with one attached hydrogen (secondary N) is 2. The molecule has 2 amide bonds. The largest absolute Gasteiger partial charge is 0.358 e. The van der Waals surface area contributed by atoms with Crippen molar-refractivity contribution in [2.45, 2.75) is 6.04 Å². The molecular formula is C18H20ClN3O2. The minimum absolute atomic E-state index is 0.0790. The van der Waals surface area contributed by atoms with Gasteiger partial charge in [-0.05, 0) is 36.9 Å². The molecule has 0 aliphatic carbocycles. The van der Waals surface area contributed by atoms with Gasteiger partial charge in [0.25, 0.3) is 0 Å². The van der Waals surface area contributed by atoms with Crippen LogP contribution in [-0.4, -0.2) is 37.4 Å². The molecule has 2 aromatic carbocycles. The molecule has 0 unspecified atom stereocenters. The van der Waals surface area contributed by atoms with Crippen LogP contribution in [0.3, 0.4) is 0 Å². The summed E-state index contributed by atoms with van der Waals surface area (Å²) in [5.74, 6) is -0.376. The molecular weight excluding hydrogens is 326 g/mol. The summed E-state index contributed by atoms with van der Waals surface area (Å²) in [6, 6.07) is 15.6. The van der Waals surface area contributed by atoms with Crippen molar-refractivity contribution in [3.8, 4) is 0 Å². The van der Waals surface area contributed by atoms with Gasteiger partial charge in [-0.15, -0.1) is 0 Å². The van der Waals surface area contributed by atoms with Gasteiger partial charge in [0.2, 0.25) is 11.8 Å². The molecule has 2 rings (SSSR count). The molecule has 6 heteroatoms. The van der Waals surface area contributed by atoms with Crippen molar-refractivity contribution in [3.05, 3.63) is 65.2 Å². The molecule has 1 atom stereocenters. The molecule has 5 nitrogen and oxygen atoms in total. The maximum atomic E-state index is 12.3. The van der Waals surface area contributed by atoms with Crippen molar-refractivity contribution in [3.63, 3.8) is 0 Å². The molecule has 126 valence electrons. The number of amides is 2. The lowest BCUT2D eigenvalue weighted by atomic mass is 10.0. The Balaban J connectivity index is 2.10. The number of hydrogen-bond acceptors (Lipinski definition) is 3. The summed E-state index contributed by atoms with van der Waals surface area (Å²) in [7, 11) is 3.31. The smallest absolute Gasteiger partial charge is 0.241 e. The average Bonchev–Trinajstić information content (AvgIpc) is 2.57. The Kier molecular flexibility index (Phi) is 6.35. The van der Waals surface area contributed by atoms with E-state index in [1.54, 1.807) is 43.3 Å². The molecule has 0 saturated heterocycles. The van der Waals surface area contributed by atoms with Crippen molar-refractivity contribution in [2.24, 2.45) is 0 Å². The molecule has 0 aliphatic heterocycles. The number of para-hydroxylation sites is 1. The first-order valence-corrected chi connectivity index (χ1v) is 7.91. The van der Waals surface area contributed by atoms with Crippen LogP contribution in [0.2, 0.25) is 5.02 Å². The average molecular weight is 346 g/mol. The number of rotatable bonds is 6. The first kappa shape index (κ1) is 18.0. The van der Waals surface area contributed by atoms with Crippen LogP contribution >= 0.6 is 11.6 Å². The number of carbonyl (C=O) groups is 2. The van der Waals surface area contributed by atoms with E-state index in [-0.39, 0.29) is 18.4 Å². The summed E-state index contributed by atoms with van der Waals surface area (Å²) in [5, 5.41) is 6.04. The molecule has 0 aromatic heterocycles. The van der Waals surface area contributed by atoms with E-state index in [1.807, 2.05) is 30.3 Å². The Labute approximate surface area is 146 Å². The van der Waals surface area contributed by atoms with Gasteiger partial charge in [-0.1, -0.05) is 41.9 Å². The van der Waals surface area contributed by atoms with Crippen molar-refractivity contribution < 1.29 is 9.59 Å². The lowest BCUT2D eigenvalue weighted by Gasteiger charge is -2.26. The second-order valence-electron chi connectivity index (χ2n) is 5.40. The summed E-state index contributed by atoms with van der Waals surface area (Å²) in [6.07, 6.45) is 0. The van der Waals surface area contributed by atoms with Crippen molar-refractivity contribution in [1.29, 1.82) is 0 Å². The van der Waals surface area contributed by atoms with Crippen LogP contribution in [0.25, 0.3) is 0 Å². The van der Waals surface area contributed by atoms with Gasteiger partial charge in [-0.25, -0.2) is 0 Å². The molecule has 24 heavy (non-hydrogen) atoms. The Morgan fingerprint density at radius 3 is 2.29 bits per heavy atom. The molecule has 0 bridgehead atoms. The number of nitrogens with zero attached hydrogens (tertiary/aromatic N) is 1. The van der Waals surface area contributed by atoms with Crippen LogP contribution in [0.1, 0.15) is 11.6 Å². The Morgan fingerprint density at radius 2 is 1.71 bits per heavy atom. The molecule has 2 N–H and O–H groups in total. The third-order valence-electron chi connectivity index (χ3n) is 3.57. The van der Waals surface area contributed by atoms with E-state index in [0.717, 1.165) is 11.3 Å². The van der Waals surface area contributed by atoms with E-state index in [4.69, 9.17) is 11.6 Å². The fourth-order valence-corrected chi connectivity index (χ4v) is 2.55. The maximum absolute atomic E-state index is 12.3. The molecule has 0 aliphatic rings. The molecule has 0 fully saturated rings. The predicted molar refractivity (Wildman–Crippen MR) is 96.0 cm³/mol. The summed E-state index contributed by atoms with van der Waals surface area (Å²) in [5.41, 5.74) is 1.49. The second kappa shape index (κ2) is 8.47. The highest BCUT2D eigenvalue weighted by Crippen LogP contribution is 2.21. The zero-order valence-electron chi connectivity index (χ0n) is 13.6. The Bertz CT molecular complexity index is 689. The van der Waals surface area contributed by atoms with Gasteiger partial charge < -0.3 is 10.6 Å². The van der Waals surface area contributed by atoms with Crippen LogP contribution in [0, 0.1) is 0 Å². The minimum atomic E-state index is -0.575. The van der Waals surface area contributed by atoms with Gasteiger partial charge in [0, 0.05) is 17.8 Å². The van der Waals surface area contributed by atoms with Gasteiger partial charge in [0.1, 0.15) is 6.04 Å². The number of hydrogen-bond donors (Lipinski definition) is 2. The summed E-state index contributed by atoms with van der Waals surface area (Å²) in [6.45, 7) is 0.0790. The highest BCUT2D eigenvalue weighted by molar-refractivity contribution is 6.30. The summed E-state index contributed by atoms with van der Waals surface area (Å²) >= 11 is 5.91. The molecule has 0 spiro atoms. The van der Waals surface area contributed by atoms with E-state index < -0.39 is 6.04 Å². The first-order chi connectivity index (χ1) is 11.5. The number of halogens is 1. The second-order valence-corrected chi connectivity index (χ2v) is 5.83. The topological polar surface area (TPSA) is 61.4 Å². The zero-order valence-corrected chi connectivity index (χ0v) is 14.4. The standard InChI is InChI=1S/C18H20ClN3O2/c1-20-18(24)17(13-8-10-14(19)11-9-13)22(2)12-16(23)21-15-6-4-3-5-7-15/h3-11,17H,12H2,1-2H3,(H,20,24)(H,21,23)/t17-/m1/s1. The zero-order chi connectivity index (χ0) is 17.5. The number of likely N-dealkylation sites (N-methyl/N-ethyl adjacent to an activating group) is 2. The van der Waals surface area contributed by atoms with Crippen molar-refractivity contribution in [2.75, 3.05) is 26.0 Å². The van der Waals surface area contributed by atoms with E-state index in [1.165, 1.54) is 0 Å². The number of anilines is 1. The fraction of sp³-hybridized carbons (Fsp3) is 0.222. The summed E-state index contributed by atoms with van der Waals surface area (Å²) in [4.78, 5) is 26.2. The molecule has 0 saturated carbocycles. The third-order valence-corrected chi connectivity index (χ3v) is 3.82. The normalized spacial score (nSPS) is 11.8. The molecule has 2 aromatic rings. The van der Waals surface area contributed by atoms with Crippen LogP contribution in [-0.2, 0) is 9.59 Å². The SMILES string of the molecule is CNC(=O)[C@@H](c1ccc(Cl)cc1)N(C)CC(=O)Nc1ccccc1. The number of benzene rings is 2. The Hall–Kier alpha value is -2.37. The highest BCUT2D eigenvalue weighted by Gasteiger charge is 2.25. The van der Waals surface area contributed by atoms with E-state index in [0.29, 0.717) is 5.02 Å². The lowest BCUT2D eigenvalue weighted by molar-refractivity contribution is -0.126. The maximum Gasteiger partial charge on any atom is 0.241 e.